The van der Waals surface area contributed by atoms with Gasteiger partial charge in [-0.1, -0.05) is 19.8 Å². The van der Waals surface area contributed by atoms with E-state index in [1.54, 1.807) is 6.26 Å². The lowest BCUT2D eigenvalue weighted by molar-refractivity contribution is 0.324. The zero-order valence-corrected chi connectivity index (χ0v) is 15.4. The molecule has 0 saturated heterocycles. The van der Waals surface area contributed by atoms with Gasteiger partial charge in [0.1, 0.15) is 5.76 Å². The van der Waals surface area contributed by atoms with Crippen LogP contribution in [0.2, 0.25) is 0 Å². The van der Waals surface area contributed by atoms with E-state index in [0.29, 0.717) is 6.04 Å². The van der Waals surface area contributed by atoms with E-state index in [-0.39, 0.29) is 24.0 Å². The quantitative estimate of drug-likeness (QED) is 0.447. The molecule has 0 spiro atoms. The standard InChI is InChI=1S/C16H27N3O.HI/c1-3-17-16(18-10-9-15-8-5-11-20-15)19-14-7-4-6-13(2)12-14;/h5,8,11,13-14H,3-4,6-7,9-10,12H2,1-2H3,(H2,17,18,19);1H. The van der Waals surface area contributed by atoms with E-state index in [9.17, 15) is 0 Å². The molecule has 0 aliphatic heterocycles. The number of nitrogens with one attached hydrogen (secondary N) is 2. The maximum absolute atomic E-state index is 5.33. The van der Waals surface area contributed by atoms with E-state index < -0.39 is 0 Å². The highest BCUT2D eigenvalue weighted by atomic mass is 127. The van der Waals surface area contributed by atoms with E-state index in [1.165, 1.54) is 25.7 Å². The summed E-state index contributed by atoms with van der Waals surface area (Å²) in [6.45, 7) is 6.10. The Hall–Kier alpha value is -0.720. The molecular weight excluding hydrogens is 377 g/mol. The van der Waals surface area contributed by atoms with Crippen LogP contribution in [-0.4, -0.2) is 25.1 Å². The SMILES string of the molecule is CCNC(=NCCc1ccco1)NC1CCCC(C)C1.I. The fourth-order valence-corrected chi connectivity index (χ4v) is 2.81. The summed E-state index contributed by atoms with van der Waals surface area (Å²) in [6, 6.07) is 4.49. The number of hydrogen-bond acceptors (Lipinski definition) is 2. The van der Waals surface area contributed by atoms with Crippen molar-refractivity contribution in [3.8, 4) is 0 Å². The number of hydrogen-bond donors (Lipinski definition) is 2. The van der Waals surface area contributed by atoms with Crippen molar-refractivity contribution in [2.45, 2.75) is 52.0 Å². The van der Waals surface area contributed by atoms with Crippen LogP contribution >= 0.6 is 24.0 Å². The maximum Gasteiger partial charge on any atom is 0.191 e. The third-order valence-corrected chi connectivity index (χ3v) is 3.83. The Morgan fingerprint density at radius 2 is 2.29 bits per heavy atom. The highest BCUT2D eigenvalue weighted by Gasteiger charge is 2.19. The molecule has 2 unspecified atom stereocenters. The highest BCUT2D eigenvalue weighted by Crippen LogP contribution is 2.23. The Bertz CT molecular complexity index is 406. The van der Waals surface area contributed by atoms with Gasteiger partial charge in [-0.2, -0.15) is 0 Å². The molecule has 5 heteroatoms. The third-order valence-electron chi connectivity index (χ3n) is 3.83. The first kappa shape index (κ1) is 18.3. The lowest BCUT2D eigenvalue weighted by Crippen LogP contribution is -2.45. The predicted octanol–water partition coefficient (Wildman–Crippen LogP) is 3.57. The van der Waals surface area contributed by atoms with E-state index in [4.69, 9.17) is 4.42 Å². The molecular formula is C16H28IN3O. The number of guanidine groups is 1. The fourth-order valence-electron chi connectivity index (χ4n) is 2.81. The van der Waals surface area contributed by atoms with Crippen molar-refractivity contribution >= 4 is 29.9 Å². The van der Waals surface area contributed by atoms with Crippen molar-refractivity contribution in [3.05, 3.63) is 24.2 Å². The molecule has 0 aromatic carbocycles. The normalized spacial score (nSPS) is 22.5. The number of furan rings is 1. The molecule has 2 N–H and O–H groups in total. The first-order valence-electron chi connectivity index (χ1n) is 7.85. The van der Waals surface area contributed by atoms with Crippen molar-refractivity contribution in [2.24, 2.45) is 10.9 Å². The minimum Gasteiger partial charge on any atom is -0.469 e. The molecule has 1 fully saturated rings. The highest BCUT2D eigenvalue weighted by molar-refractivity contribution is 14.0. The lowest BCUT2D eigenvalue weighted by atomic mass is 9.87. The van der Waals surface area contributed by atoms with E-state index in [2.05, 4.69) is 29.5 Å². The van der Waals surface area contributed by atoms with Crippen LogP contribution in [0.4, 0.5) is 0 Å². The van der Waals surface area contributed by atoms with Gasteiger partial charge in [-0.3, -0.25) is 4.99 Å². The Morgan fingerprint density at radius 3 is 2.95 bits per heavy atom. The molecule has 1 aliphatic rings. The molecule has 0 radical (unpaired) electrons. The first-order chi connectivity index (χ1) is 9.78. The molecule has 21 heavy (non-hydrogen) atoms. The second kappa shape index (κ2) is 10.1. The van der Waals surface area contributed by atoms with Gasteiger partial charge in [-0.05, 0) is 37.8 Å². The summed E-state index contributed by atoms with van der Waals surface area (Å²) in [5, 5.41) is 6.91. The van der Waals surface area contributed by atoms with Gasteiger partial charge in [-0.15, -0.1) is 24.0 Å². The summed E-state index contributed by atoms with van der Waals surface area (Å²) < 4.78 is 5.33. The molecule has 1 saturated carbocycles. The Morgan fingerprint density at radius 1 is 1.43 bits per heavy atom. The van der Waals surface area contributed by atoms with E-state index >= 15 is 0 Å². The van der Waals surface area contributed by atoms with Gasteiger partial charge in [0, 0.05) is 25.6 Å². The Balaban J connectivity index is 0.00000220. The molecule has 1 aromatic heterocycles. The largest absolute Gasteiger partial charge is 0.469 e. The van der Waals surface area contributed by atoms with Crippen molar-refractivity contribution in [2.75, 3.05) is 13.1 Å². The minimum absolute atomic E-state index is 0. The van der Waals surface area contributed by atoms with Crippen LogP contribution in [0, 0.1) is 5.92 Å². The van der Waals surface area contributed by atoms with Crippen LogP contribution in [0.25, 0.3) is 0 Å². The zero-order valence-electron chi connectivity index (χ0n) is 13.1. The molecule has 0 bridgehead atoms. The van der Waals surface area contributed by atoms with E-state index in [1.807, 2.05) is 12.1 Å². The molecule has 1 aliphatic carbocycles. The molecule has 1 heterocycles. The van der Waals surface area contributed by atoms with Gasteiger partial charge in [-0.25, -0.2) is 0 Å². The van der Waals surface area contributed by atoms with Crippen LogP contribution in [0.5, 0.6) is 0 Å². The summed E-state index contributed by atoms with van der Waals surface area (Å²) in [5.41, 5.74) is 0. The van der Waals surface area contributed by atoms with Crippen molar-refractivity contribution < 1.29 is 4.42 Å². The average Bonchev–Trinajstić information content (AvgIpc) is 2.92. The Labute approximate surface area is 145 Å². The second-order valence-corrected chi connectivity index (χ2v) is 5.70. The van der Waals surface area contributed by atoms with Gasteiger partial charge in [0.2, 0.25) is 0 Å². The summed E-state index contributed by atoms with van der Waals surface area (Å²) in [4.78, 5) is 4.64. The van der Waals surface area contributed by atoms with Crippen LogP contribution < -0.4 is 10.6 Å². The number of halogens is 1. The molecule has 2 atom stereocenters. The van der Waals surface area contributed by atoms with Crippen molar-refractivity contribution in [1.82, 2.24) is 10.6 Å². The van der Waals surface area contributed by atoms with Gasteiger partial charge in [0.15, 0.2) is 5.96 Å². The van der Waals surface area contributed by atoms with Crippen LogP contribution in [0.3, 0.4) is 0 Å². The maximum atomic E-state index is 5.33. The first-order valence-corrected chi connectivity index (χ1v) is 7.85. The number of rotatable bonds is 5. The van der Waals surface area contributed by atoms with Crippen molar-refractivity contribution in [3.63, 3.8) is 0 Å². The predicted molar refractivity (Wildman–Crippen MR) is 98.4 cm³/mol. The molecule has 2 rings (SSSR count). The Kier molecular flexibility index (Phi) is 8.80. The summed E-state index contributed by atoms with van der Waals surface area (Å²) >= 11 is 0. The molecule has 4 nitrogen and oxygen atoms in total. The lowest BCUT2D eigenvalue weighted by Gasteiger charge is -2.28. The van der Waals surface area contributed by atoms with Crippen LogP contribution in [0.15, 0.2) is 27.8 Å². The number of aliphatic imine (C=N–C) groups is 1. The summed E-state index contributed by atoms with van der Waals surface area (Å²) in [5.74, 6) is 2.77. The molecule has 120 valence electrons. The fraction of sp³-hybridized carbons (Fsp3) is 0.688. The smallest absolute Gasteiger partial charge is 0.191 e. The third kappa shape index (κ3) is 6.72. The van der Waals surface area contributed by atoms with Gasteiger partial charge in [0.05, 0.1) is 6.26 Å². The van der Waals surface area contributed by atoms with Gasteiger partial charge < -0.3 is 15.1 Å². The van der Waals surface area contributed by atoms with Crippen molar-refractivity contribution in [1.29, 1.82) is 0 Å². The average molecular weight is 405 g/mol. The van der Waals surface area contributed by atoms with Gasteiger partial charge in [0.25, 0.3) is 0 Å². The molecule has 0 amide bonds. The number of nitrogens with zero attached hydrogens (tertiary/aromatic N) is 1. The van der Waals surface area contributed by atoms with Crippen LogP contribution in [-0.2, 0) is 6.42 Å². The second-order valence-electron chi connectivity index (χ2n) is 5.70. The summed E-state index contributed by atoms with van der Waals surface area (Å²) in [7, 11) is 0. The molecule has 1 aromatic rings. The van der Waals surface area contributed by atoms with Crippen LogP contribution in [0.1, 0.15) is 45.3 Å². The minimum atomic E-state index is 0. The summed E-state index contributed by atoms with van der Waals surface area (Å²) in [6.07, 6.45) is 7.76. The van der Waals surface area contributed by atoms with E-state index in [0.717, 1.165) is 37.1 Å². The zero-order chi connectivity index (χ0) is 14.2. The monoisotopic (exact) mass is 405 g/mol. The van der Waals surface area contributed by atoms with Gasteiger partial charge >= 0.3 is 0 Å². The topological polar surface area (TPSA) is 49.6 Å².